The van der Waals surface area contributed by atoms with Gasteiger partial charge in [-0.05, 0) is 39.0 Å². The highest BCUT2D eigenvalue weighted by Gasteiger charge is 2.16. The van der Waals surface area contributed by atoms with E-state index in [1.165, 1.54) is 12.1 Å². The highest BCUT2D eigenvalue weighted by atomic mass is 19.1. The first kappa shape index (κ1) is 15.8. The summed E-state index contributed by atoms with van der Waals surface area (Å²) >= 11 is 0. The minimum atomic E-state index is -0.848. The molecule has 7 heteroatoms. The lowest BCUT2D eigenvalue weighted by molar-refractivity contribution is 0.102. The van der Waals surface area contributed by atoms with Gasteiger partial charge < -0.3 is 10.6 Å². The number of hydrogen-bond acceptors (Lipinski definition) is 4. The molecule has 1 aromatic carbocycles. The second-order valence-electron chi connectivity index (χ2n) is 5.07. The summed E-state index contributed by atoms with van der Waals surface area (Å²) in [6.45, 7) is 5.51. The lowest BCUT2D eigenvalue weighted by Gasteiger charge is -2.11. The van der Waals surface area contributed by atoms with Crippen LogP contribution in [0.5, 0.6) is 0 Å². The van der Waals surface area contributed by atoms with Crippen LogP contribution in [0, 0.1) is 18.6 Å². The van der Waals surface area contributed by atoms with Gasteiger partial charge in [-0.2, -0.15) is 0 Å². The molecule has 116 valence electrons. The topological polar surface area (TPSA) is 66.9 Å². The SMILES string of the molecule is Cc1cc(C(=O)Nc2c(F)cccc2F)nc(NC(C)C)n1. The van der Waals surface area contributed by atoms with E-state index in [0.29, 0.717) is 5.69 Å². The Morgan fingerprint density at radius 2 is 1.82 bits per heavy atom. The van der Waals surface area contributed by atoms with Crippen molar-refractivity contribution >= 4 is 17.5 Å². The second-order valence-corrected chi connectivity index (χ2v) is 5.07. The van der Waals surface area contributed by atoms with E-state index in [0.717, 1.165) is 12.1 Å². The molecule has 0 atom stereocenters. The number of carbonyl (C=O) groups excluding carboxylic acids is 1. The summed E-state index contributed by atoms with van der Waals surface area (Å²) in [4.78, 5) is 20.3. The Balaban J connectivity index is 2.28. The fourth-order valence-corrected chi connectivity index (χ4v) is 1.80. The third-order valence-electron chi connectivity index (χ3n) is 2.71. The Morgan fingerprint density at radius 3 is 2.41 bits per heavy atom. The maximum Gasteiger partial charge on any atom is 0.274 e. The molecular formula is C15H16F2N4O. The number of nitrogens with one attached hydrogen (secondary N) is 2. The molecule has 0 aliphatic rings. The normalized spacial score (nSPS) is 10.6. The molecule has 5 nitrogen and oxygen atoms in total. The van der Waals surface area contributed by atoms with E-state index in [2.05, 4.69) is 20.6 Å². The smallest absolute Gasteiger partial charge is 0.274 e. The molecule has 1 aromatic heterocycles. The average molecular weight is 306 g/mol. The molecule has 0 saturated carbocycles. The summed E-state index contributed by atoms with van der Waals surface area (Å²) in [6, 6.07) is 4.88. The first-order valence-corrected chi connectivity index (χ1v) is 6.74. The van der Waals surface area contributed by atoms with Crippen LogP contribution in [-0.4, -0.2) is 21.9 Å². The van der Waals surface area contributed by atoms with Gasteiger partial charge in [0.15, 0.2) is 0 Å². The number of benzene rings is 1. The molecule has 0 bridgehead atoms. The number of hydrogen-bond donors (Lipinski definition) is 2. The minimum Gasteiger partial charge on any atom is -0.352 e. The number of carbonyl (C=O) groups is 1. The zero-order valence-electron chi connectivity index (χ0n) is 12.4. The van der Waals surface area contributed by atoms with Crippen molar-refractivity contribution in [1.82, 2.24) is 9.97 Å². The van der Waals surface area contributed by atoms with Crippen LogP contribution in [0.2, 0.25) is 0 Å². The number of aromatic nitrogens is 2. The maximum absolute atomic E-state index is 13.6. The molecule has 2 rings (SSSR count). The summed E-state index contributed by atoms with van der Waals surface area (Å²) in [6.07, 6.45) is 0. The highest BCUT2D eigenvalue weighted by Crippen LogP contribution is 2.19. The van der Waals surface area contributed by atoms with Gasteiger partial charge in [-0.25, -0.2) is 18.7 Å². The van der Waals surface area contributed by atoms with E-state index in [1.807, 2.05) is 13.8 Å². The van der Waals surface area contributed by atoms with E-state index < -0.39 is 23.2 Å². The van der Waals surface area contributed by atoms with E-state index in [9.17, 15) is 13.6 Å². The van der Waals surface area contributed by atoms with Gasteiger partial charge in [0.05, 0.1) is 0 Å². The Hall–Kier alpha value is -2.57. The van der Waals surface area contributed by atoms with Gasteiger partial charge in [-0.3, -0.25) is 4.79 Å². The minimum absolute atomic E-state index is 0.0262. The van der Waals surface area contributed by atoms with Crippen molar-refractivity contribution in [2.45, 2.75) is 26.8 Å². The van der Waals surface area contributed by atoms with E-state index in [1.54, 1.807) is 6.92 Å². The average Bonchev–Trinajstić information content (AvgIpc) is 2.41. The lowest BCUT2D eigenvalue weighted by atomic mass is 10.2. The van der Waals surface area contributed by atoms with E-state index in [-0.39, 0.29) is 17.7 Å². The molecule has 1 heterocycles. The number of anilines is 2. The number of nitrogens with zero attached hydrogens (tertiary/aromatic N) is 2. The molecule has 0 spiro atoms. The number of halogens is 2. The van der Waals surface area contributed by atoms with Gasteiger partial charge in [0.2, 0.25) is 5.95 Å². The zero-order valence-corrected chi connectivity index (χ0v) is 12.4. The Kier molecular flexibility index (Phi) is 4.65. The van der Waals surface area contributed by atoms with Crippen LogP contribution in [0.3, 0.4) is 0 Å². The molecule has 1 amide bonds. The molecule has 2 aromatic rings. The van der Waals surface area contributed by atoms with Gasteiger partial charge in [0.1, 0.15) is 23.0 Å². The highest BCUT2D eigenvalue weighted by molar-refractivity contribution is 6.03. The van der Waals surface area contributed by atoms with Crippen molar-refractivity contribution < 1.29 is 13.6 Å². The quantitative estimate of drug-likeness (QED) is 0.910. The van der Waals surface area contributed by atoms with Crippen LogP contribution < -0.4 is 10.6 Å². The molecule has 0 saturated heterocycles. The predicted molar refractivity (Wildman–Crippen MR) is 79.8 cm³/mol. The molecule has 0 fully saturated rings. The molecule has 2 N–H and O–H groups in total. The van der Waals surface area contributed by atoms with Crippen LogP contribution in [-0.2, 0) is 0 Å². The van der Waals surface area contributed by atoms with Crippen LogP contribution in [0.1, 0.15) is 30.0 Å². The van der Waals surface area contributed by atoms with Crippen molar-refractivity contribution in [1.29, 1.82) is 0 Å². The first-order valence-electron chi connectivity index (χ1n) is 6.74. The number of aryl methyl sites for hydroxylation is 1. The Labute approximate surface area is 126 Å². The Bertz CT molecular complexity index is 684. The summed E-state index contributed by atoms with van der Waals surface area (Å²) in [5.41, 5.74) is 0.0951. The third kappa shape index (κ3) is 3.75. The third-order valence-corrected chi connectivity index (χ3v) is 2.71. The Morgan fingerprint density at radius 1 is 1.18 bits per heavy atom. The molecule has 0 unspecified atom stereocenters. The van der Waals surface area contributed by atoms with Crippen molar-refractivity contribution in [3.8, 4) is 0 Å². The van der Waals surface area contributed by atoms with Crippen molar-refractivity contribution in [3.63, 3.8) is 0 Å². The monoisotopic (exact) mass is 306 g/mol. The number of amides is 1. The molecule has 0 aliphatic carbocycles. The molecule has 0 aliphatic heterocycles. The van der Waals surface area contributed by atoms with Crippen LogP contribution >= 0.6 is 0 Å². The fourth-order valence-electron chi connectivity index (χ4n) is 1.80. The van der Waals surface area contributed by atoms with Gasteiger partial charge in [-0.1, -0.05) is 6.07 Å². The molecule has 0 radical (unpaired) electrons. The summed E-state index contributed by atoms with van der Waals surface area (Å²) < 4.78 is 27.1. The maximum atomic E-state index is 13.6. The van der Waals surface area contributed by atoms with Crippen LogP contribution in [0.15, 0.2) is 24.3 Å². The lowest BCUT2D eigenvalue weighted by Crippen LogP contribution is -2.19. The zero-order chi connectivity index (χ0) is 16.3. The van der Waals surface area contributed by atoms with Gasteiger partial charge >= 0.3 is 0 Å². The first-order chi connectivity index (χ1) is 10.4. The second kappa shape index (κ2) is 6.46. The predicted octanol–water partition coefficient (Wildman–Crippen LogP) is 3.14. The number of rotatable bonds is 4. The van der Waals surface area contributed by atoms with Crippen LogP contribution in [0.25, 0.3) is 0 Å². The molecule has 22 heavy (non-hydrogen) atoms. The summed E-state index contributed by atoms with van der Waals surface area (Å²) in [7, 11) is 0. The van der Waals surface area contributed by atoms with Crippen molar-refractivity contribution in [3.05, 3.63) is 47.3 Å². The summed E-state index contributed by atoms with van der Waals surface area (Å²) in [5, 5.41) is 5.17. The van der Waals surface area contributed by atoms with Gasteiger partial charge in [-0.15, -0.1) is 0 Å². The van der Waals surface area contributed by atoms with Crippen LogP contribution in [0.4, 0.5) is 20.4 Å². The largest absolute Gasteiger partial charge is 0.352 e. The van der Waals surface area contributed by atoms with Gasteiger partial charge in [0.25, 0.3) is 5.91 Å². The number of para-hydroxylation sites is 1. The van der Waals surface area contributed by atoms with Crippen molar-refractivity contribution in [2.24, 2.45) is 0 Å². The van der Waals surface area contributed by atoms with E-state index in [4.69, 9.17) is 0 Å². The van der Waals surface area contributed by atoms with E-state index >= 15 is 0 Å². The van der Waals surface area contributed by atoms with Gasteiger partial charge in [0, 0.05) is 11.7 Å². The molecular weight excluding hydrogens is 290 g/mol. The fraction of sp³-hybridized carbons (Fsp3) is 0.267. The standard InChI is InChI=1S/C15H16F2N4O/c1-8(2)18-15-19-9(3)7-12(20-15)14(22)21-13-10(16)5-4-6-11(13)17/h4-8H,1-3H3,(H,21,22)(H,18,19,20). The summed E-state index contributed by atoms with van der Waals surface area (Å²) in [5.74, 6) is -2.12. The van der Waals surface area contributed by atoms with Crippen molar-refractivity contribution in [2.75, 3.05) is 10.6 Å².